The topological polar surface area (TPSA) is 88.9 Å². The van der Waals surface area contributed by atoms with Crippen LogP contribution in [0.5, 0.6) is 11.5 Å². The number of benzene rings is 1. The SMILES string of the molecule is O=C(O)C(c1ccc2c(c1)OCO2)C(O)c1ccccn1. The maximum atomic E-state index is 11.6. The number of fused-ring (bicyclic) bond motifs is 1. The molecule has 1 aliphatic heterocycles. The number of nitrogens with zero attached hydrogens (tertiary/aromatic N) is 1. The Balaban J connectivity index is 1.97. The zero-order chi connectivity index (χ0) is 14.8. The molecule has 2 aromatic rings. The van der Waals surface area contributed by atoms with Crippen LogP contribution in [-0.4, -0.2) is 28.0 Å². The van der Waals surface area contributed by atoms with E-state index in [-0.39, 0.29) is 6.79 Å². The maximum Gasteiger partial charge on any atom is 0.314 e. The van der Waals surface area contributed by atoms with E-state index in [0.29, 0.717) is 22.8 Å². The van der Waals surface area contributed by atoms with E-state index in [9.17, 15) is 15.0 Å². The first-order chi connectivity index (χ1) is 10.2. The molecular weight excluding hydrogens is 274 g/mol. The highest BCUT2D eigenvalue weighted by Crippen LogP contribution is 2.38. The molecule has 1 aromatic carbocycles. The van der Waals surface area contributed by atoms with Crippen molar-refractivity contribution in [2.45, 2.75) is 12.0 Å². The number of aliphatic carboxylic acids is 1. The molecule has 2 N–H and O–H groups in total. The lowest BCUT2D eigenvalue weighted by Crippen LogP contribution is -2.20. The largest absolute Gasteiger partial charge is 0.481 e. The zero-order valence-electron chi connectivity index (χ0n) is 11.0. The minimum atomic E-state index is -1.25. The summed E-state index contributed by atoms with van der Waals surface area (Å²) in [5.41, 5.74) is 0.743. The molecule has 108 valence electrons. The Morgan fingerprint density at radius 2 is 2.00 bits per heavy atom. The number of carboxylic acids is 1. The van der Waals surface area contributed by atoms with Crippen LogP contribution < -0.4 is 9.47 Å². The Morgan fingerprint density at radius 1 is 1.19 bits per heavy atom. The van der Waals surface area contributed by atoms with Gasteiger partial charge in [-0.1, -0.05) is 12.1 Å². The van der Waals surface area contributed by atoms with Gasteiger partial charge in [0.25, 0.3) is 0 Å². The van der Waals surface area contributed by atoms with Gasteiger partial charge in [0, 0.05) is 6.20 Å². The summed E-state index contributed by atoms with van der Waals surface area (Å²) in [6.07, 6.45) is 0.265. The van der Waals surface area contributed by atoms with Crippen LogP contribution in [0.4, 0.5) is 0 Å². The number of aliphatic hydroxyl groups excluding tert-OH is 1. The first-order valence-corrected chi connectivity index (χ1v) is 6.38. The van der Waals surface area contributed by atoms with Crippen LogP contribution in [0.3, 0.4) is 0 Å². The number of carbonyl (C=O) groups is 1. The average Bonchev–Trinajstić information content (AvgIpc) is 2.95. The summed E-state index contributed by atoms with van der Waals surface area (Å²) in [5, 5.41) is 19.8. The van der Waals surface area contributed by atoms with Gasteiger partial charge in [-0.3, -0.25) is 9.78 Å². The molecule has 0 saturated carbocycles. The van der Waals surface area contributed by atoms with Crippen molar-refractivity contribution in [1.29, 1.82) is 0 Å². The number of pyridine rings is 1. The van der Waals surface area contributed by atoms with Crippen molar-refractivity contribution in [2.75, 3.05) is 6.79 Å². The molecule has 2 unspecified atom stereocenters. The smallest absolute Gasteiger partial charge is 0.314 e. The van der Waals surface area contributed by atoms with Crippen LogP contribution in [0, 0.1) is 0 Å². The van der Waals surface area contributed by atoms with Crippen molar-refractivity contribution >= 4 is 5.97 Å². The molecule has 0 saturated heterocycles. The van der Waals surface area contributed by atoms with E-state index in [0.717, 1.165) is 0 Å². The number of ether oxygens (including phenoxy) is 2. The third kappa shape index (κ3) is 2.53. The summed E-state index contributed by atoms with van der Waals surface area (Å²) < 4.78 is 10.4. The highest BCUT2D eigenvalue weighted by Gasteiger charge is 2.31. The summed E-state index contributed by atoms with van der Waals surface area (Å²) in [6, 6.07) is 9.81. The lowest BCUT2D eigenvalue weighted by molar-refractivity contribution is -0.141. The lowest BCUT2D eigenvalue weighted by Gasteiger charge is -2.19. The maximum absolute atomic E-state index is 11.6. The quantitative estimate of drug-likeness (QED) is 0.890. The third-order valence-electron chi connectivity index (χ3n) is 3.33. The van der Waals surface area contributed by atoms with Gasteiger partial charge in [-0.2, -0.15) is 0 Å². The minimum Gasteiger partial charge on any atom is -0.481 e. The summed E-state index contributed by atoms with van der Waals surface area (Å²) >= 11 is 0. The Labute approximate surface area is 120 Å². The average molecular weight is 287 g/mol. The highest BCUT2D eigenvalue weighted by atomic mass is 16.7. The van der Waals surface area contributed by atoms with Gasteiger partial charge in [0.15, 0.2) is 11.5 Å². The molecule has 0 amide bonds. The molecule has 1 aliphatic rings. The Morgan fingerprint density at radius 3 is 2.71 bits per heavy atom. The van der Waals surface area contributed by atoms with E-state index in [2.05, 4.69) is 4.98 Å². The van der Waals surface area contributed by atoms with Gasteiger partial charge < -0.3 is 19.7 Å². The van der Waals surface area contributed by atoms with Crippen LogP contribution in [0.2, 0.25) is 0 Å². The zero-order valence-corrected chi connectivity index (χ0v) is 11.0. The second-order valence-electron chi connectivity index (χ2n) is 4.63. The van der Waals surface area contributed by atoms with E-state index < -0.39 is 18.0 Å². The molecular formula is C15H13NO5. The van der Waals surface area contributed by atoms with Gasteiger partial charge in [-0.25, -0.2) is 0 Å². The Hall–Kier alpha value is -2.60. The van der Waals surface area contributed by atoms with E-state index in [1.807, 2.05) is 0 Å². The third-order valence-corrected chi connectivity index (χ3v) is 3.33. The van der Waals surface area contributed by atoms with Crippen LogP contribution in [0.25, 0.3) is 0 Å². The highest BCUT2D eigenvalue weighted by molar-refractivity contribution is 5.77. The van der Waals surface area contributed by atoms with Crippen molar-refractivity contribution in [3.8, 4) is 11.5 Å². The predicted octanol–water partition coefficient (Wildman–Crippen LogP) is 1.71. The van der Waals surface area contributed by atoms with E-state index >= 15 is 0 Å². The van der Waals surface area contributed by atoms with Crippen molar-refractivity contribution in [2.24, 2.45) is 0 Å². The minimum absolute atomic E-state index is 0.110. The van der Waals surface area contributed by atoms with Crippen molar-refractivity contribution in [3.05, 3.63) is 53.9 Å². The number of hydrogen-bond donors (Lipinski definition) is 2. The molecule has 0 bridgehead atoms. The van der Waals surface area contributed by atoms with Gasteiger partial charge in [-0.15, -0.1) is 0 Å². The summed E-state index contributed by atoms with van der Waals surface area (Å²) in [6.45, 7) is 0.110. The first-order valence-electron chi connectivity index (χ1n) is 6.38. The number of hydrogen-bond acceptors (Lipinski definition) is 5. The van der Waals surface area contributed by atoms with Crippen molar-refractivity contribution in [3.63, 3.8) is 0 Å². The normalized spacial score (nSPS) is 15.5. The number of aliphatic hydroxyl groups is 1. The van der Waals surface area contributed by atoms with E-state index in [1.54, 1.807) is 36.4 Å². The number of rotatable bonds is 4. The molecule has 0 radical (unpaired) electrons. The summed E-state index contributed by atoms with van der Waals surface area (Å²) in [7, 11) is 0. The van der Waals surface area contributed by atoms with Gasteiger partial charge >= 0.3 is 5.97 Å². The van der Waals surface area contributed by atoms with Crippen molar-refractivity contribution in [1.82, 2.24) is 4.98 Å². The molecule has 1 aromatic heterocycles. The molecule has 6 nitrogen and oxygen atoms in total. The molecule has 2 atom stereocenters. The van der Waals surface area contributed by atoms with E-state index in [4.69, 9.17) is 9.47 Å². The monoisotopic (exact) mass is 287 g/mol. The predicted molar refractivity (Wildman–Crippen MR) is 72.1 cm³/mol. The second-order valence-corrected chi connectivity index (χ2v) is 4.63. The van der Waals surface area contributed by atoms with Crippen LogP contribution in [0.15, 0.2) is 42.6 Å². The van der Waals surface area contributed by atoms with Gasteiger partial charge in [0.1, 0.15) is 12.0 Å². The number of aromatic nitrogens is 1. The molecule has 0 aliphatic carbocycles. The molecule has 0 fully saturated rings. The first kappa shape index (κ1) is 13.4. The van der Waals surface area contributed by atoms with Crippen molar-refractivity contribution < 1.29 is 24.5 Å². The number of carboxylic acid groups (broad SMARTS) is 1. The van der Waals surface area contributed by atoms with E-state index in [1.165, 1.54) is 6.20 Å². The fraction of sp³-hybridized carbons (Fsp3) is 0.200. The standard InChI is InChI=1S/C15H13NO5/c17-14(10-3-1-2-6-16-10)13(15(18)19)9-4-5-11-12(7-9)21-8-20-11/h1-7,13-14,17H,8H2,(H,18,19). The summed E-state index contributed by atoms with van der Waals surface area (Å²) in [4.78, 5) is 15.6. The molecule has 3 rings (SSSR count). The second kappa shape index (κ2) is 5.41. The fourth-order valence-corrected chi connectivity index (χ4v) is 2.29. The fourth-order valence-electron chi connectivity index (χ4n) is 2.29. The lowest BCUT2D eigenvalue weighted by atomic mass is 9.91. The van der Waals surface area contributed by atoms with Gasteiger partial charge in [-0.05, 0) is 29.8 Å². The molecule has 21 heavy (non-hydrogen) atoms. The molecule has 2 heterocycles. The molecule has 0 spiro atoms. The molecule has 6 heteroatoms. The summed E-state index contributed by atoms with van der Waals surface area (Å²) in [5.74, 6) is -1.22. The van der Waals surface area contributed by atoms with Gasteiger partial charge in [0.2, 0.25) is 6.79 Å². The Kier molecular flexibility index (Phi) is 3.45. The van der Waals surface area contributed by atoms with Crippen LogP contribution in [-0.2, 0) is 4.79 Å². The van der Waals surface area contributed by atoms with Crippen LogP contribution in [0.1, 0.15) is 23.3 Å². The van der Waals surface area contributed by atoms with Gasteiger partial charge in [0.05, 0.1) is 5.69 Å². The Bertz CT molecular complexity index is 658. The van der Waals surface area contributed by atoms with Crippen LogP contribution >= 0.6 is 0 Å².